The van der Waals surface area contributed by atoms with Crippen LogP contribution in [-0.2, 0) is 0 Å². The molecule has 0 aliphatic carbocycles. The van der Waals surface area contributed by atoms with Crippen LogP contribution in [0.2, 0.25) is 0 Å². The van der Waals surface area contributed by atoms with Gasteiger partial charge in [-0.1, -0.05) is 24.3 Å². The Morgan fingerprint density at radius 3 is 2.61 bits per heavy atom. The van der Waals surface area contributed by atoms with E-state index in [1.54, 1.807) is 18.3 Å². The van der Waals surface area contributed by atoms with E-state index in [4.69, 9.17) is 0 Å². The fourth-order valence-electron chi connectivity index (χ4n) is 2.37. The molecule has 0 radical (unpaired) electrons. The van der Waals surface area contributed by atoms with Crippen molar-refractivity contribution in [1.29, 1.82) is 0 Å². The number of rotatable bonds is 4. The first kappa shape index (κ1) is 14.7. The maximum absolute atomic E-state index is 10.8. The van der Waals surface area contributed by atoms with E-state index in [1.165, 1.54) is 12.1 Å². The van der Waals surface area contributed by atoms with Crippen molar-refractivity contribution in [2.75, 3.05) is 0 Å². The number of nitro benzene ring substituents is 1. The highest BCUT2D eigenvalue weighted by atomic mass is 16.6. The van der Waals surface area contributed by atoms with E-state index in [0.29, 0.717) is 5.69 Å². The Labute approximate surface area is 133 Å². The molecule has 0 spiro atoms. The van der Waals surface area contributed by atoms with Crippen molar-refractivity contribution in [1.82, 2.24) is 4.57 Å². The van der Waals surface area contributed by atoms with Crippen LogP contribution in [0.25, 0.3) is 5.69 Å². The van der Waals surface area contributed by atoms with Gasteiger partial charge < -0.3 is 4.57 Å². The summed E-state index contributed by atoms with van der Waals surface area (Å²) in [4.78, 5) is 14.7. The van der Waals surface area contributed by atoms with Crippen LogP contribution in [0.5, 0.6) is 0 Å². The van der Waals surface area contributed by atoms with Crippen LogP contribution < -0.4 is 0 Å². The van der Waals surface area contributed by atoms with Gasteiger partial charge in [0, 0.05) is 41.5 Å². The van der Waals surface area contributed by atoms with Crippen molar-refractivity contribution in [3.63, 3.8) is 0 Å². The number of nitrogens with zero attached hydrogens (tertiary/aromatic N) is 3. The van der Waals surface area contributed by atoms with Gasteiger partial charge in [0.2, 0.25) is 0 Å². The van der Waals surface area contributed by atoms with Gasteiger partial charge in [-0.2, -0.15) is 0 Å². The Balaban J connectivity index is 1.86. The van der Waals surface area contributed by atoms with Gasteiger partial charge >= 0.3 is 0 Å². The van der Waals surface area contributed by atoms with Gasteiger partial charge in [-0.3, -0.25) is 15.1 Å². The van der Waals surface area contributed by atoms with E-state index in [1.807, 2.05) is 49.5 Å². The average molecular weight is 305 g/mol. The summed E-state index contributed by atoms with van der Waals surface area (Å²) in [5.74, 6) is 0. The second-order valence-electron chi connectivity index (χ2n) is 5.16. The Hall–Kier alpha value is -3.21. The molecule has 3 aromatic rings. The molecule has 5 nitrogen and oxygen atoms in total. The molecule has 0 aliphatic rings. The van der Waals surface area contributed by atoms with E-state index in [-0.39, 0.29) is 5.69 Å². The van der Waals surface area contributed by atoms with Crippen molar-refractivity contribution >= 4 is 17.6 Å². The molecule has 0 unspecified atom stereocenters. The molecule has 23 heavy (non-hydrogen) atoms. The molecule has 3 rings (SSSR count). The SMILES string of the molecule is Cc1cc(C=Nc2cccc([N+](=O)[O-])c2)cn1-c1ccccc1. The molecule has 0 fully saturated rings. The van der Waals surface area contributed by atoms with Gasteiger partial charge in [0.25, 0.3) is 5.69 Å². The molecular weight excluding hydrogens is 290 g/mol. The third kappa shape index (κ3) is 3.35. The van der Waals surface area contributed by atoms with Crippen molar-refractivity contribution < 1.29 is 4.92 Å². The summed E-state index contributed by atoms with van der Waals surface area (Å²) >= 11 is 0. The van der Waals surface area contributed by atoms with Crippen LogP contribution in [0.4, 0.5) is 11.4 Å². The van der Waals surface area contributed by atoms with Gasteiger partial charge in [0.1, 0.15) is 0 Å². The van der Waals surface area contributed by atoms with E-state index < -0.39 is 4.92 Å². The largest absolute Gasteiger partial charge is 0.321 e. The van der Waals surface area contributed by atoms with Crippen LogP contribution in [-0.4, -0.2) is 15.7 Å². The van der Waals surface area contributed by atoms with Gasteiger partial charge in [-0.25, -0.2) is 0 Å². The van der Waals surface area contributed by atoms with Crippen molar-refractivity contribution in [2.45, 2.75) is 6.92 Å². The van der Waals surface area contributed by atoms with Crippen LogP contribution in [0, 0.1) is 17.0 Å². The predicted molar refractivity (Wildman–Crippen MR) is 90.9 cm³/mol. The van der Waals surface area contributed by atoms with Gasteiger partial charge in [0.05, 0.1) is 10.6 Å². The minimum atomic E-state index is -0.422. The molecule has 1 heterocycles. The van der Waals surface area contributed by atoms with Crippen LogP contribution in [0.3, 0.4) is 0 Å². The fourth-order valence-corrected chi connectivity index (χ4v) is 2.37. The molecule has 0 atom stereocenters. The lowest BCUT2D eigenvalue weighted by Gasteiger charge is -2.04. The maximum atomic E-state index is 10.8. The zero-order valence-electron chi connectivity index (χ0n) is 12.6. The van der Waals surface area contributed by atoms with Crippen molar-refractivity contribution in [2.24, 2.45) is 4.99 Å². The number of non-ortho nitro benzene ring substituents is 1. The molecule has 2 aromatic carbocycles. The number of aryl methyl sites for hydroxylation is 1. The number of hydrogen-bond acceptors (Lipinski definition) is 3. The van der Waals surface area contributed by atoms with Crippen molar-refractivity contribution in [3.05, 3.63) is 88.2 Å². The third-order valence-electron chi connectivity index (χ3n) is 3.47. The van der Waals surface area contributed by atoms with E-state index >= 15 is 0 Å². The maximum Gasteiger partial charge on any atom is 0.271 e. The first-order chi connectivity index (χ1) is 11.1. The minimum absolute atomic E-state index is 0.0395. The lowest BCUT2D eigenvalue weighted by Crippen LogP contribution is -1.93. The quantitative estimate of drug-likeness (QED) is 0.406. The summed E-state index contributed by atoms with van der Waals surface area (Å²) in [5, 5.41) is 10.8. The number of hydrogen-bond donors (Lipinski definition) is 0. The Bertz CT molecular complexity index is 867. The molecule has 5 heteroatoms. The van der Waals surface area contributed by atoms with Gasteiger partial charge in [0.15, 0.2) is 0 Å². The molecule has 0 N–H and O–H groups in total. The topological polar surface area (TPSA) is 60.4 Å². The molecule has 0 amide bonds. The molecule has 0 bridgehead atoms. The van der Waals surface area contributed by atoms with E-state index in [2.05, 4.69) is 9.56 Å². The number of benzene rings is 2. The monoisotopic (exact) mass is 305 g/mol. The summed E-state index contributed by atoms with van der Waals surface area (Å²) in [5.41, 5.74) is 3.72. The summed E-state index contributed by atoms with van der Waals surface area (Å²) in [6.45, 7) is 2.03. The van der Waals surface area contributed by atoms with E-state index in [0.717, 1.165) is 16.9 Å². The zero-order chi connectivity index (χ0) is 16.2. The Morgan fingerprint density at radius 1 is 1.09 bits per heavy atom. The second-order valence-corrected chi connectivity index (χ2v) is 5.16. The smallest absolute Gasteiger partial charge is 0.271 e. The normalized spacial score (nSPS) is 11.0. The Morgan fingerprint density at radius 2 is 1.87 bits per heavy atom. The van der Waals surface area contributed by atoms with Crippen molar-refractivity contribution in [3.8, 4) is 5.69 Å². The Kier molecular flexibility index (Phi) is 4.01. The standard InChI is InChI=1S/C18H15N3O2/c1-14-10-15(13-20(14)17-7-3-2-4-8-17)12-19-16-6-5-9-18(11-16)21(22)23/h2-13H,1H3. The van der Waals surface area contributed by atoms with Crippen LogP contribution in [0.15, 0.2) is 71.9 Å². The number of para-hydroxylation sites is 1. The van der Waals surface area contributed by atoms with Crippen LogP contribution in [0.1, 0.15) is 11.3 Å². The number of aromatic nitrogens is 1. The summed E-state index contributed by atoms with van der Waals surface area (Å²) < 4.78 is 2.08. The highest BCUT2D eigenvalue weighted by Crippen LogP contribution is 2.20. The first-order valence-corrected chi connectivity index (χ1v) is 7.16. The summed E-state index contributed by atoms with van der Waals surface area (Å²) in [6, 6.07) is 18.3. The minimum Gasteiger partial charge on any atom is -0.321 e. The molecule has 0 aliphatic heterocycles. The molecule has 114 valence electrons. The predicted octanol–water partition coefficient (Wildman–Crippen LogP) is 4.44. The highest BCUT2D eigenvalue weighted by molar-refractivity contribution is 5.82. The molecular formula is C18H15N3O2. The molecule has 1 aromatic heterocycles. The zero-order valence-corrected chi connectivity index (χ0v) is 12.6. The molecule has 0 saturated heterocycles. The average Bonchev–Trinajstić information content (AvgIpc) is 2.95. The van der Waals surface area contributed by atoms with Crippen LogP contribution >= 0.6 is 0 Å². The lowest BCUT2D eigenvalue weighted by molar-refractivity contribution is -0.384. The van der Waals surface area contributed by atoms with Gasteiger partial charge in [-0.05, 0) is 31.2 Å². The van der Waals surface area contributed by atoms with Gasteiger partial charge in [-0.15, -0.1) is 0 Å². The third-order valence-corrected chi connectivity index (χ3v) is 3.47. The summed E-state index contributed by atoms with van der Waals surface area (Å²) in [6.07, 6.45) is 3.71. The molecule has 0 saturated carbocycles. The van der Waals surface area contributed by atoms with E-state index in [9.17, 15) is 10.1 Å². The number of nitro groups is 1. The second kappa shape index (κ2) is 6.27. The fraction of sp³-hybridized carbons (Fsp3) is 0.0556. The first-order valence-electron chi connectivity index (χ1n) is 7.16. The summed E-state index contributed by atoms with van der Waals surface area (Å²) in [7, 11) is 0. The highest BCUT2D eigenvalue weighted by Gasteiger charge is 2.05. The number of aliphatic imine (C=N–C) groups is 1. The lowest BCUT2D eigenvalue weighted by atomic mass is 10.3.